The molecule has 106 valence electrons. The molecule has 0 amide bonds. The Hall–Kier alpha value is -1.91. The van der Waals surface area contributed by atoms with Gasteiger partial charge in [0.15, 0.2) is 0 Å². The highest BCUT2D eigenvalue weighted by molar-refractivity contribution is 5.34. The van der Waals surface area contributed by atoms with Crippen molar-refractivity contribution in [1.29, 1.82) is 0 Å². The number of aromatic nitrogens is 1. The minimum Gasteiger partial charge on any atom is -0.457 e. The first-order chi connectivity index (χ1) is 9.81. The van der Waals surface area contributed by atoms with Crippen molar-refractivity contribution in [2.24, 2.45) is 0 Å². The van der Waals surface area contributed by atoms with Gasteiger partial charge in [0.2, 0.25) is 0 Å². The summed E-state index contributed by atoms with van der Waals surface area (Å²) < 4.78 is 11.0. The molecule has 1 N–H and O–H groups in total. The van der Waals surface area contributed by atoms with Crippen LogP contribution in [0.25, 0.3) is 0 Å². The van der Waals surface area contributed by atoms with Crippen molar-refractivity contribution < 1.29 is 9.47 Å². The SMILES string of the molecule is CCNCc1cc(Oc2cccc(COC)c2)ccn1. The minimum atomic E-state index is 0.583. The van der Waals surface area contributed by atoms with Gasteiger partial charge in [0, 0.05) is 25.9 Å². The van der Waals surface area contributed by atoms with Gasteiger partial charge in [-0.15, -0.1) is 0 Å². The highest BCUT2D eigenvalue weighted by Crippen LogP contribution is 2.22. The number of benzene rings is 1. The van der Waals surface area contributed by atoms with Gasteiger partial charge in [-0.1, -0.05) is 19.1 Å². The fraction of sp³-hybridized carbons (Fsp3) is 0.312. The van der Waals surface area contributed by atoms with Crippen molar-refractivity contribution in [2.75, 3.05) is 13.7 Å². The van der Waals surface area contributed by atoms with Crippen LogP contribution in [0.5, 0.6) is 11.5 Å². The average Bonchev–Trinajstić information content (AvgIpc) is 2.46. The molecular formula is C16H20N2O2. The van der Waals surface area contributed by atoms with Crippen LogP contribution in [0.2, 0.25) is 0 Å². The van der Waals surface area contributed by atoms with E-state index in [1.807, 2.05) is 36.4 Å². The third-order valence-corrected chi connectivity index (χ3v) is 2.79. The first kappa shape index (κ1) is 14.5. The van der Waals surface area contributed by atoms with E-state index in [9.17, 15) is 0 Å². The number of methoxy groups -OCH3 is 1. The van der Waals surface area contributed by atoms with Gasteiger partial charge in [0.25, 0.3) is 0 Å². The van der Waals surface area contributed by atoms with E-state index in [-0.39, 0.29) is 0 Å². The summed E-state index contributed by atoms with van der Waals surface area (Å²) in [6.45, 7) is 4.32. The van der Waals surface area contributed by atoms with Crippen LogP contribution in [0, 0.1) is 0 Å². The third-order valence-electron chi connectivity index (χ3n) is 2.79. The Morgan fingerprint density at radius 2 is 2.00 bits per heavy atom. The number of hydrogen-bond acceptors (Lipinski definition) is 4. The van der Waals surface area contributed by atoms with Gasteiger partial charge >= 0.3 is 0 Å². The molecule has 1 aromatic carbocycles. The van der Waals surface area contributed by atoms with Gasteiger partial charge in [0.05, 0.1) is 12.3 Å². The number of pyridine rings is 1. The summed E-state index contributed by atoms with van der Waals surface area (Å²) in [5.74, 6) is 1.60. The van der Waals surface area contributed by atoms with Crippen molar-refractivity contribution in [1.82, 2.24) is 10.3 Å². The van der Waals surface area contributed by atoms with Gasteiger partial charge < -0.3 is 14.8 Å². The lowest BCUT2D eigenvalue weighted by Gasteiger charge is -2.09. The van der Waals surface area contributed by atoms with Crippen LogP contribution in [-0.2, 0) is 17.9 Å². The van der Waals surface area contributed by atoms with E-state index in [0.29, 0.717) is 6.61 Å². The first-order valence-corrected chi connectivity index (χ1v) is 6.73. The number of rotatable bonds is 7. The van der Waals surface area contributed by atoms with Gasteiger partial charge in [-0.3, -0.25) is 4.98 Å². The molecule has 0 saturated heterocycles. The van der Waals surface area contributed by atoms with Gasteiger partial charge in [0.1, 0.15) is 11.5 Å². The molecule has 0 aliphatic rings. The Balaban J connectivity index is 2.07. The summed E-state index contributed by atoms with van der Waals surface area (Å²) in [4.78, 5) is 4.30. The fourth-order valence-electron chi connectivity index (χ4n) is 1.87. The van der Waals surface area contributed by atoms with Crippen molar-refractivity contribution in [3.8, 4) is 11.5 Å². The molecule has 0 fully saturated rings. The second-order valence-corrected chi connectivity index (χ2v) is 4.45. The topological polar surface area (TPSA) is 43.4 Å². The Kier molecular flexibility index (Phi) is 5.53. The van der Waals surface area contributed by atoms with Crippen LogP contribution in [0.15, 0.2) is 42.6 Å². The summed E-state index contributed by atoms with van der Waals surface area (Å²) in [5.41, 5.74) is 2.06. The maximum atomic E-state index is 5.86. The van der Waals surface area contributed by atoms with Crippen LogP contribution >= 0.6 is 0 Å². The largest absolute Gasteiger partial charge is 0.457 e. The second kappa shape index (κ2) is 7.62. The van der Waals surface area contributed by atoms with Crippen LogP contribution in [0.3, 0.4) is 0 Å². The molecule has 20 heavy (non-hydrogen) atoms. The van der Waals surface area contributed by atoms with Crippen LogP contribution < -0.4 is 10.1 Å². The lowest BCUT2D eigenvalue weighted by Crippen LogP contribution is -2.12. The molecule has 0 radical (unpaired) electrons. The van der Waals surface area contributed by atoms with E-state index in [0.717, 1.165) is 35.8 Å². The van der Waals surface area contributed by atoms with Crippen LogP contribution in [0.4, 0.5) is 0 Å². The smallest absolute Gasteiger partial charge is 0.130 e. The molecule has 2 rings (SSSR count). The van der Waals surface area contributed by atoms with E-state index < -0.39 is 0 Å². The Labute approximate surface area is 119 Å². The Morgan fingerprint density at radius 3 is 2.80 bits per heavy atom. The molecule has 1 aromatic heterocycles. The zero-order valence-corrected chi connectivity index (χ0v) is 11.9. The summed E-state index contributed by atoms with van der Waals surface area (Å²) in [5, 5.41) is 3.25. The monoisotopic (exact) mass is 272 g/mol. The first-order valence-electron chi connectivity index (χ1n) is 6.73. The predicted octanol–water partition coefficient (Wildman–Crippen LogP) is 3.13. The zero-order valence-electron chi connectivity index (χ0n) is 11.9. The zero-order chi connectivity index (χ0) is 14.2. The number of nitrogens with one attached hydrogen (secondary N) is 1. The molecule has 0 atom stereocenters. The molecular weight excluding hydrogens is 252 g/mol. The summed E-state index contributed by atoms with van der Waals surface area (Å²) in [6.07, 6.45) is 1.76. The van der Waals surface area contributed by atoms with Crippen molar-refractivity contribution in [3.63, 3.8) is 0 Å². The number of hydrogen-bond donors (Lipinski definition) is 1. The van der Waals surface area contributed by atoms with Gasteiger partial charge in [-0.05, 0) is 30.3 Å². The maximum Gasteiger partial charge on any atom is 0.130 e. The molecule has 0 spiro atoms. The van der Waals surface area contributed by atoms with E-state index in [1.54, 1.807) is 13.3 Å². The van der Waals surface area contributed by atoms with E-state index in [2.05, 4.69) is 17.2 Å². The minimum absolute atomic E-state index is 0.583. The lowest BCUT2D eigenvalue weighted by molar-refractivity contribution is 0.184. The fourth-order valence-corrected chi connectivity index (χ4v) is 1.87. The standard InChI is InChI=1S/C16H20N2O2/c1-3-17-11-14-10-16(7-8-18-14)20-15-6-4-5-13(9-15)12-19-2/h4-10,17H,3,11-12H2,1-2H3. The van der Waals surface area contributed by atoms with Gasteiger partial charge in [-0.25, -0.2) is 0 Å². The molecule has 0 aliphatic carbocycles. The molecule has 1 heterocycles. The summed E-state index contributed by atoms with van der Waals surface area (Å²) in [7, 11) is 1.68. The molecule has 4 nitrogen and oxygen atoms in total. The number of ether oxygens (including phenoxy) is 2. The lowest BCUT2D eigenvalue weighted by atomic mass is 10.2. The second-order valence-electron chi connectivity index (χ2n) is 4.45. The van der Waals surface area contributed by atoms with Crippen molar-refractivity contribution in [3.05, 3.63) is 53.9 Å². The normalized spacial score (nSPS) is 10.5. The molecule has 4 heteroatoms. The van der Waals surface area contributed by atoms with Crippen molar-refractivity contribution >= 4 is 0 Å². The third kappa shape index (κ3) is 4.33. The quantitative estimate of drug-likeness (QED) is 0.841. The summed E-state index contributed by atoms with van der Waals surface area (Å²) >= 11 is 0. The van der Waals surface area contributed by atoms with Gasteiger partial charge in [-0.2, -0.15) is 0 Å². The summed E-state index contributed by atoms with van der Waals surface area (Å²) in [6, 6.07) is 11.7. The van der Waals surface area contributed by atoms with Crippen LogP contribution in [-0.4, -0.2) is 18.6 Å². The van der Waals surface area contributed by atoms with E-state index in [4.69, 9.17) is 9.47 Å². The predicted molar refractivity (Wildman–Crippen MR) is 78.8 cm³/mol. The van der Waals surface area contributed by atoms with Crippen molar-refractivity contribution in [2.45, 2.75) is 20.1 Å². The Bertz CT molecular complexity index is 544. The van der Waals surface area contributed by atoms with E-state index >= 15 is 0 Å². The Morgan fingerprint density at radius 1 is 1.15 bits per heavy atom. The average molecular weight is 272 g/mol. The maximum absolute atomic E-state index is 5.86. The molecule has 2 aromatic rings. The van der Waals surface area contributed by atoms with Crippen LogP contribution in [0.1, 0.15) is 18.2 Å². The molecule has 0 saturated carbocycles. The molecule has 0 bridgehead atoms. The molecule has 0 unspecified atom stereocenters. The number of nitrogens with zero attached hydrogens (tertiary/aromatic N) is 1. The molecule has 0 aliphatic heterocycles. The highest BCUT2D eigenvalue weighted by atomic mass is 16.5. The highest BCUT2D eigenvalue weighted by Gasteiger charge is 2.01. The van der Waals surface area contributed by atoms with E-state index in [1.165, 1.54) is 0 Å².